The van der Waals surface area contributed by atoms with E-state index in [1.807, 2.05) is 0 Å². The minimum atomic E-state index is -1.88. The van der Waals surface area contributed by atoms with Crippen molar-refractivity contribution in [2.45, 2.75) is 34.1 Å². The molecule has 2 aliphatic carbocycles. The zero-order chi connectivity index (χ0) is 17.4. The summed E-state index contributed by atoms with van der Waals surface area (Å²) in [6, 6.07) is 15.9. The summed E-state index contributed by atoms with van der Waals surface area (Å²) in [6.07, 6.45) is 8.20. The largest absolute Gasteiger partial charge is 0.147 e. The fourth-order valence-corrected chi connectivity index (χ4v) is 13.3. The van der Waals surface area contributed by atoms with Gasteiger partial charge in [0, 0.05) is 0 Å². The van der Waals surface area contributed by atoms with Gasteiger partial charge in [-0.1, -0.05) is 0 Å². The fourth-order valence-electron chi connectivity index (χ4n) is 4.49. The van der Waals surface area contributed by atoms with Crippen LogP contribution in [0.25, 0.3) is 11.1 Å². The SMILES string of the molecule is COCc1cccc2c1-c1ccccc1[CH]2[Zr]([C]1=CC=CC1)[CH](C)C.Cl.Cl. The third-order valence-electron chi connectivity index (χ3n) is 5.41. The van der Waals surface area contributed by atoms with Crippen LogP contribution in [0.5, 0.6) is 0 Å². The first kappa shape index (κ1) is 22.6. The fraction of sp³-hybridized carbons (Fsp3) is 0.304. The smallest absolute Gasteiger partial charge is 0.147 e. The molecule has 0 spiro atoms. The Hall–Kier alpha value is -0.657. The molecule has 27 heavy (non-hydrogen) atoms. The Morgan fingerprint density at radius 2 is 1.78 bits per heavy atom. The second-order valence-electron chi connectivity index (χ2n) is 7.27. The van der Waals surface area contributed by atoms with E-state index in [0.29, 0.717) is 10.2 Å². The van der Waals surface area contributed by atoms with Crippen LogP contribution >= 0.6 is 24.8 Å². The van der Waals surface area contributed by atoms with Gasteiger partial charge in [-0.05, 0) is 0 Å². The van der Waals surface area contributed by atoms with Gasteiger partial charge in [0.1, 0.15) is 0 Å². The molecule has 4 rings (SSSR count). The van der Waals surface area contributed by atoms with Gasteiger partial charge < -0.3 is 0 Å². The van der Waals surface area contributed by atoms with Crippen molar-refractivity contribution in [1.29, 1.82) is 0 Å². The molecule has 0 bridgehead atoms. The van der Waals surface area contributed by atoms with E-state index in [1.165, 1.54) is 23.1 Å². The summed E-state index contributed by atoms with van der Waals surface area (Å²) in [5.74, 6) is 0. The molecular weight excluding hydrogens is 454 g/mol. The predicted octanol–water partition coefficient (Wildman–Crippen LogP) is 7.04. The van der Waals surface area contributed by atoms with Gasteiger partial charge >= 0.3 is 160 Å². The Morgan fingerprint density at radius 3 is 2.44 bits per heavy atom. The van der Waals surface area contributed by atoms with Gasteiger partial charge in [-0.15, -0.1) is 24.8 Å². The van der Waals surface area contributed by atoms with Gasteiger partial charge in [-0.2, -0.15) is 0 Å². The second kappa shape index (κ2) is 9.70. The quantitative estimate of drug-likeness (QED) is 0.445. The molecule has 2 aromatic rings. The first-order chi connectivity index (χ1) is 12.2. The molecule has 1 atom stereocenters. The Balaban J connectivity index is 0.00000131. The molecule has 1 nitrogen and oxygen atoms in total. The van der Waals surface area contributed by atoms with Crippen LogP contribution in [0.3, 0.4) is 0 Å². The number of halogens is 2. The topological polar surface area (TPSA) is 9.23 Å². The molecular formula is C23H27Cl2OZr. The molecule has 0 aromatic heterocycles. The van der Waals surface area contributed by atoms with Crippen molar-refractivity contribution in [1.82, 2.24) is 0 Å². The maximum atomic E-state index is 5.51. The Kier molecular flexibility index (Phi) is 8.13. The molecule has 143 valence electrons. The molecule has 1 unspecified atom stereocenters. The van der Waals surface area contributed by atoms with Gasteiger partial charge in [0.2, 0.25) is 0 Å². The number of rotatable bonds is 5. The summed E-state index contributed by atoms with van der Waals surface area (Å²) >= 11 is -1.88. The summed E-state index contributed by atoms with van der Waals surface area (Å²) in [5, 5.41) is 0. The molecule has 4 heteroatoms. The van der Waals surface area contributed by atoms with E-state index < -0.39 is 21.8 Å². The number of ether oxygens (including phenoxy) is 1. The van der Waals surface area contributed by atoms with Gasteiger partial charge in [0.25, 0.3) is 0 Å². The molecule has 2 aromatic carbocycles. The zero-order valence-electron chi connectivity index (χ0n) is 16.1. The van der Waals surface area contributed by atoms with Crippen molar-refractivity contribution in [3.8, 4) is 11.1 Å². The van der Waals surface area contributed by atoms with Crippen molar-refractivity contribution in [2.75, 3.05) is 7.11 Å². The van der Waals surface area contributed by atoms with Crippen LogP contribution in [0.2, 0.25) is 3.63 Å². The normalized spacial score (nSPS) is 16.3. The van der Waals surface area contributed by atoms with E-state index >= 15 is 0 Å². The van der Waals surface area contributed by atoms with E-state index in [2.05, 4.69) is 74.5 Å². The van der Waals surface area contributed by atoms with Crippen LogP contribution < -0.4 is 0 Å². The number of fused-ring (bicyclic) bond motifs is 3. The van der Waals surface area contributed by atoms with Crippen LogP contribution in [0.4, 0.5) is 0 Å². The van der Waals surface area contributed by atoms with E-state index in [-0.39, 0.29) is 24.8 Å². The van der Waals surface area contributed by atoms with Crippen molar-refractivity contribution < 1.29 is 26.5 Å². The standard InChI is InChI=1S/C15H13O.C5H5.C3H7.2ClH.Zr/c1-16-10-13-7-4-6-12-9-11-5-2-3-8-14(11)15(12)13;1-2-4-5-3-1;1-3-2;;;/h2-9H,10H2,1H3;1-3H,4H2;3H,1-2H3;2*1H;. The number of hydrogen-bond donors (Lipinski definition) is 0. The summed E-state index contributed by atoms with van der Waals surface area (Å²) in [7, 11) is 1.79. The van der Waals surface area contributed by atoms with Crippen molar-refractivity contribution in [2.24, 2.45) is 0 Å². The Bertz CT molecular complexity index is 857. The van der Waals surface area contributed by atoms with Crippen LogP contribution in [0.1, 0.15) is 40.6 Å². The van der Waals surface area contributed by atoms with E-state index in [9.17, 15) is 0 Å². The van der Waals surface area contributed by atoms with Crippen LogP contribution in [-0.2, 0) is 33.1 Å². The average molecular weight is 482 g/mol. The third-order valence-corrected chi connectivity index (χ3v) is 14.3. The van der Waals surface area contributed by atoms with E-state index in [1.54, 1.807) is 21.5 Å². The predicted molar refractivity (Wildman–Crippen MR) is 116 cm³/mol. The number of benzene rings is 2. The van der Waals surface area contributed by atoms with Gasteiger partial charge in [-0.25, -0.2) is 0 Å². The van der Waals surface area contributed by atoms with E-state index in [4.69, 9.17) is 4.74 Å². The third kappa shape index (κ3) is 4.06. The van der Waals surface area contributed by atoms with Crippen LogP contribution in [0.15, 0.2) is 64.0 Å². The van der Waals surface area contributed by atoms with Crippen LogP contribution in [-0.4, -0.2) is 7.11 Å². The zero-order valence-corrected chi connectivity index (χ0v) is 20.2. The average Bonchev–Trinajstić information content (AvgIpc) is 3.24. The summed E-state index contributed by atoms with van der Waals surface area (Å²) in [4.78, 5) is 0. The summed E-state index contributed by atoms with van der Waals surface area (Å²) < 4.78 is 8.70. The number of hydrogen-bond acceptors (Lipinski definition) is 1. The van der Waals surface area contributed by atoms with Crippen molar-refractivity contribution in [3.05, 3.63) is 80.7 Å². The molecule has 0 radical (unpaired) electrons. The number of methoxy groups -OCH3 is 1. The van der Waals surface area contributed by atoms with E-state index in [0.717, 1.165) is 3.63 Å². The first-order valence-electron chi connectivity index (χ1n) is 9.15. The Labute approximate surface area is 183 Å². The molecule has 2 aliphatic rings. The molecule has 0 amide bonds. The molecule has 0 aliphatic heterocycles. The maximum Gasteiger partial charge on any atom is -0.147 e. The first-order valence-corrected chi connectivity index (χ1v) is 13.2. The summed E-state index contributed by atoms with van der Waals surface area (Å²) in [6.45, 7) is 5.59. The maximum absolute atomic E-state index is 5.51. The van der Waals surface area contributed by atoms with Gasteiger partial charge in [-0.3, -0.25) is 0 Å². The molecule has 0 saturated carbocycles. The summed E-state index contributed by atoms with van der Waals surface area (Å²) in [5.41, 5.74) is 7.36. The van der Waals surface area contributed by atoms with Gasteiger partial charge in [0.05, 0.1) is 0 Å². The molecule has 0 heterocycles. The van der Waals surface area contributed by atoms with Gasteiger partial charge in [0.15, 0.2) is 0 Å². The second-order valence-corrected chi connectivity index (χ2v) is 15.3. The minimum absolute atomic E-state index is 0. The molecule has 0 N–H and O–H groups in total. The minimum Gasteiger partial charge on any atom is -0.147 e. The molecule has 0 fully saturated rings. The van der Waals surface area contributed by atoms with Crippen molar-refractivity contribution >= 4 is 24.8 Å². The Morgan fingerprint density at radius 1 is 1.04 bits per heavy atom. The molecule has 0 saturated heterocycles. The van der Waals surface area contributed by atoms with Crippen LogP contribution in [0, 0.1) is 0 Å². The number of allylic oxidation sites excluding steroid dienone is 4. The monoisotopic (exact) mass is 479 g/mol. The van der Waals surface area contributed by atoms with Crippen molar-refractivity contribution in [3.63, 3.8) is 0 Å².